The van der Waals surface area contributed by atoms with Crippen LogP contribution in [0, 0.1) is 0 Å². The number of aryl methyl sites for hydroxylation is 1. The zero-order chi connectivity index (χ0) is 22.1. The van der Waals surface area contributed by atoms with Crippen LogP contribution in [0.1, 0.15) is 37.8 Å². The number of amides is 2. The van der Waals surface area contributed by atoms with Gasteiger partial charge in [-0.05, 0) is 48.1 Å². The normalized spacial score (nSPS) is 11.8. The molecule has 0 spiro atoms. The van der Waals surface area contributed by atoms with Crippen LogP contribution >= 0.6 is 0 Å². The second-order valence-electron chi connectivity index (χ2n) is 7.93. The van der Waals surface area contributed by atoms with Crippen LogP contribution in [0.4, 0.5) is 0 Å². The van der Waals surface area contributed by atoms with Crippen molar-refractivity contribution in [1.29, 1.82) is 0 Å². The highest BCUT2D eigenvalue weighted by molar-refractivity contribution is 5.88. The molecule has 4 nitrogen and oxygen atoms in total. The molecule has 0 radical (unpaired) electrons. The van der Waals surface area contributed by atoms with Crippen molar-refractivity contribution in [3.63, 3.8) is 0 Å². The third-order valence-electron chi connectivity index (χ3n) is 5.69. The number of fused-ring (bicyclic) bond motifs is 1. The molecule has 3 aromatic rings. The number of hydrogen-bond donors (Lipinski definition) is 1. The number of rotatable bonds is 10. The van der Waals surface area contributed by atoms with E-state index < -0.39 is 6.04 Å². The van der Waals surface area contributed by atoms with Crippen LogP contribution in [0.25, 0.3) is 10.8 Å². The molecule has 1 N–H and O–H groups in total. The van der Waals surface area contributed by atoms with Crippen molar-refractivity contribution in [3.8, 4) is 0 Å². The standard InChI is InChI=1S/C27H32N2O2/c1-3-19-28-27(31)21(2)29(20-18-22-10-5-4-6-11-22)26(30)17-16-24-14-9-13-23-12-7-8-15-25(23)24/h4-15,21H,3,16-20H2,1-2H3,(H,28,31)/t21-/m1/s1. The molecule has 31 heavy (non-hydrogen) atoms. The average Bonchev–Trinajstić information content (AvgIpc) is 2.81. The monoisotopic (exact) mass is 416 g/mol. The molecular formula is C27H32N2O2. The number of nitrogens with one attached hydrogen (secondary N) is 1. The first-order valence-corrected chi connectivity index (χ1v) is 11.2. The highest BCUT2D eigenvalue weighted by Gasteiger charge is 2.25. The fourth-order valence-electron chi connectivity index (χ4n) is 3.86. The molecule has 3 aromatic carbocycles. The SMILES string of the molecule is CCCNC(=O)[C@@H](C)N(CCc1ccccc1)C(=O)CCc1cccc2ccccc12. The van der Waals surface area contributed by atoms with E-state index >= 15 is 0 Å². The zero-order valence-corrected chi connectivity index (χ0v) is 18.5. The molecule has 0 heterocycles. The van der Waals surface area contributed by atoms with E-state index in [-0.39, 0.29) is 11.8 Å². The van der Waals surface area contributed by atoms with Crippen molar-refractivity contribution in [2.75, 3.05) is 13.1 Å². The fraction of sp³-hybridized carbons (Fsp3) is 0.333. The minimum Gasteiger partial charge on any atom is -0.354 e. The summed E-state index contributed by atoms with van der Waals surface area (Å²) < 4.78 is 0. The Morgan fingerprint density at radius 2 is 1.61 bits per heavy atom. The maximum Gasteiger partial charge on any atom is 0.242 e. The van der Waals surface area contributed by atoms with Crippen molar-refractivity contribution in [2.24, 2.45) is 0 Å². The zero-order valence-electron chi connectivity index (χ0n) is 18.5. The lowest BCUT2D eigenvalue weighted by molar-refractivity contribution is -0.139. The number of nitrogens with zero attached hydrogens (tertiary/aromatic N) is 1. The Hall–Kier alpha value is -3.14. The summed E-state index contributed by atoms with van der Waals surface area (Å²) in [4.78, 5) is 27.6. The first kappa shape index (κ1) is 22.5. The Morgan fingerprint density at radius 1 is 0.903 bits per heavy atom. The van der Waals surface area contributed by atoms with Gasteiger partial charge in [0.2, 0.25) is 11.8 Å². The maximum absolute atomic E-state index is 13.2. The minimum absolute atomic E-state index is 0.0167. The lowest BCUT2D eigenvalue weighted by Gasteiger charge is -2.29. The first-order valence-electron chi connectivity index (χ1n) is 11.2. The summed E-state index contributed by atoms with van der Waals surface area (Å²) in [7, 11) is 0. The van der Waals surface area contributed by atoms with Gasteiger partial charge in [-0.1, -0.05) is 79.7 Å². The van der Waals surface area contributed by atoms with E-state index in [1.165, 1.54) is 10.8 Å². The van der Waals surface area contributed by atoms with E-state index in [1.807, 2.05) is 50.2 Å². The van der Waals surface area contributed by atoms with Gasteiger partial charge < -0.3 is 10.2 Å². The van der Waals surface area contributed by atoms with Crippen LogP contribution in [0.3, 0.4) is 0 Å². The van der Waals surface area contributed by atoms with Crippen molar-refractivity contribution < 1.29 is 9.59 Å². The largest absolute Gasteiger partial charge is 0.354 e. The second kappa shape index (κ2) is 11.3. The molecule has 0 aromatic heterocycles. The summed E-state index contributed by atoms with van der Waals surface area (Å²) in [5, 5.41) is 5.29. The highest BCUT2D eigenvalue weighted by Crippen LogP contribution is 2.20. The summed E-state index contributed by atoms with van der Waals surface area (Å²) in [5.41, 5.74) is 2.33. The lowest BCUT2D eigenvalue weighted by atomic mass is 10.0. The Morgan fingerprint density at radius 3 is 2.39 bits per heavy atom. The van der Waals surface area contributed by atoms with Gasteiger partial charge >= 0.3 is 0 Å². The first-order chi connectivity index (χ1) is 15.1. The van der Waals surface area contributed by atoms with Crippen LogP contribution in [0.15, 0.2) is 72.8 Å². The summed E-state index contributed by atoms with van der Waals surface area (Å²) in [6, 6.07) is 24.1. The van der Waals surface area contributed by atoms with E-state index in [0.717, 1.165) is 24.0 Å². The molecule has 0 saturated carbocycles. The van der Waals surface area contributed by atoms with E-state index in [2.05, 4.69) is 41.7 Å². The topological polar surface area (TPSA) is 49.4 Å². The molecule has 0 aliphatic carbocycles. The van der Waals surface area contributed by atoms with Crippen LogP contribution in [-0.2, 0) is 22.4 Å². The summed E-state index contributed by atoms with van der Waals surface area (Å²) in [6.07, 6.45) is 2.64. The Kier molecular flexibility index (Phi) is 8.22. The van der Waals surface area contributed by atoms with Crippen molar-refractivity contribution in [1.82, 2.24) is 10.2 Å². The van der Waals surface area contributed by atoms with Gasteiger partial charge in [-0.3, -0.25) is 9.59 Å². The highest BCUT2D eigenvalue weighted by atomic mass is 16.2. The third-order valence-corrected chi connectivity index (χ3v) is 5.69. The second-order valence-corrected chi connectivity index (χ2v) is 7.93. The summed E-state index contributed by atoms with van der Waals surface area (Å²) >= 11 is 0. The van der Waals surface area contributed by atoms with Gasteiger partial charge in [-0.2, -0.15) is 0 Å². The van der Waals surface area contributed by atoms with Crippen molar-refractivity contribution in [3.05, 3.63) is 83.9 Å². The van der Waals surface area contributed by atoms with Gasteiger partial charge in [0.1, 0.15) is 6.04 Å². The van der Waals surface area contributed by atoms with E-state index in [0.29, 0.717) is 25.9 Å². The molecule has 0 unspecified atom stereocenters. The van der Waals surface area contributed by atoms with Crippen LogP contribution in [0.2, 0.25) is 0 Å². The summed E-state index contributed by atoms with van der Waals surface area (Å²) in [5.74, 6) is -0.0727. The Bertz CT molecular complexity index is 995. The molecule has 2 amide bonds. The van der Waals surface area contributed by atoms with Gasteiger partial charge in [0, 0.05) is 19.5 Å². The van der Waals surface area contributed by atoms with E-state index in [4.69, 9.17) is 0 Å². The van der Waals surface area contributed by atoms with Crippen LogP contribution in [-0.4, -0.2) is 35.8 Å². The molecule has 4 heteroatoms. The molecule has 0 aliphatic rings. The van der Waals surface area contributed by atoms with Crippen LogP contribution in [0.5, 0.6) is 0 Å². The predicted molar refractivity (Wildman–Crippen MR) is 127 cm³/mol. The molecular weight excluding hydrogens is 384 g/mol. The van der Waals surface area contributed by atoms with Gasteiger partial charge in [0.15, 0.2) is 0 Å². The quantitative estimate of drug-likeness (QED) is 0.518. The molecule has 0 fully saturated rings. The summed E-state index contributed by atoms with van der Waals surface area (Å²) in [6.45, 7) is 5.00. The van der Waals surface area contributed by atoms with Gasteiger partial charge in [-0.15, -0.1) is 0 Å². The third kappa shape index (κ3) is 6.17. The van der Waals surface area contributed by atoms with E-state index in [9.17, 15) is 9.59 Å². The lowest BCUT2D eigenvalue weighted by Crippen LogP contribution is -2.49. The van der Waals surface area contributed by atoms with Gasteiger partial charge in [0.05, 0.1) is 0 Å². The Balaban J connectivity index is 1.71. The van der Waals surface area contributed by atoms with Crippen molar-refractivity contribution >= 4 is 22.6 Å². The van der Waals surface area contributed by atoms with Crippen LogP contribution < -0.4 is 5.32 Å². The number of carbonyl (C=O) groups excluding carboxylic acids is 2. The molecule has 162 valence electrons. The van der Waals surface area contributed by atoms with Crippen molar-refractivity contribution in [2.45, 2.75) is 45.6 Å². The molecule has 3 rings (SSSR count). The molecule has 0 bridgehead atoms. The molecule has 0 aliphatic heterocycles. The number of benzene rings is 3. The number of hydrogen-bond acceptors (Lipinski definition) is 2. The Labute approximate surface area is 185 Å². The minimum atomic E-state index is -0.490. The van der Waals surface area contributed by atoms with Gasteiger partial charge in [-0.25, -0.2) is 0 Å². The van der Waals surface area contributed by atoms with Gasteiger partial charge in [0.25, 0.3) is 0 Å². The smallest absolute Gasteiger partial charge is 0.242 e. The predicted octanol–water partition coefficient (Wildman–Crippen LogP) is 4.76. The maximum atomic E-state index is 13.2. The molecule has 1 atom stereocenters. The fourth-order valence-corrected chi connectivity index (χ4v) is 3.86. The molecule has 0 saturated heterocycles. The van der Waals surface area contributed by atoms with E-state index in [1.54, 1.807) is 4.90 Å². The average molecular weight is 417 g/mol. The number of carbonyl (C=O) groups is 2.